The number of hydrogen-bond donors (Lipinski definition) is 2. The van der Waals surface area contributed by atoms with E-state index in [-0.39, 0.29) is 16.6 Å². The molecule has 9 heteroatoms. The van der Waals surface area contributed by atoms with Crippen molar-refractivity contribution < 1.29 is 14.4 Å². The summed E-state index contributed by atoms with van der Waals surface area (Å²) in [7, 11) is 0. The number of nitrogens with zero attached hydrogens (tertiary/aromatic N) is 1. The van der Waals surface area contributed by atoms with Crippen LogP contribution in [0.5, 0.6) is 0 Å². The average molecular weight is 592 g/mol. The molecule has 3 aromatic rings. The van der Waals surface area contributed by atoms with Crippen molar-refractivity contribution in [2.75, 3.05) is 15.5 Å². The summed E-state index contributed by atoms with van der Waals surface area (Å²) in [6.07, 6.45) is 0. The minimum absolute atomic E-state index is 0.0729. The molecule has 3 aromatic carbocycles. The molecule has 0 aliphatic carbocycles. The van der Waals surface area contributed by atoms with Crippen LogP contribution in [0.15, 0.2) is 77.5 Å². The smallest absolute Gasteiger partial charge is 0.283 e. The van der Waals surface area contributed by atoms with Crippen LogP contribution in [0.2, 0.25) is 5.02 Å². The van der Waals surface area contributed by atoms with Crippen molar-refractivity contribution in [3.8, 4) is 0 Å². The van der Waals surface area contributed by atoms with Crippen molar-refractivity contribution in [1.82, 2.24) is 0 Å². The zero-order valence-corrected chi connectivity index (χ0v) is 20.8. The van der Waals surface area contributed by atoms with Crippen molar-refractivity contribution in [2.24, 2.45) is 0 Å². The van der Waals surface area contributed by atoms with Crippen molar-refractivity contribution in [3.63, 3.8) is 0 Å². The Bertz CT molecular complexity index is 1320. The number of carbonyl (C=O) groups is 3. The Labute approximate surface area is 213 Å². The van der Waals surface area contributed by atoms with Gasteiger partial charge in [0.05, 0.1) is 5.69 Å². The lowest BCUT2D eigenvalue weighted by Crippen LogP contribution is -2.32. The Kier molecular flexibility index (Phi) is 6.73. The predicted molar refractivity (Wildman–Crippen MR) is 139 cm³/mol. The molecule has 1 heterocycles. The summed E-state index contributed by atoms with van der Waals surface area (Å²) in [6, 6.07) is 18.9. The van der Waals surface area contributed by atoms with Crippen LogP contribution in [-0.4, -0.2) is 17.7 Å². The fourth-order valence-electron chi connectivity index (χ4n) is 3.27. The van der Waals surface area contributed by atoms with E-state index in [9.17, 15) is 14.4 Å². The first-order valence-corrected chi connectivity index (χ1v) is 11.6. The van der Waals surface area contributed by atoms with Crippen molar-refractivity contribution in [1.29, 1.82) is 0 Å². The summed E-state index contributed by atoms with van der Waals surface area (Å²) in [6.45, 7) is 1.77. The van der Waals surface area contributed by atoms with Crippen molar-refractivity contribution in [2.45, 2.75) is 6.92 Å². The summed E-state index contributed by atoms with van der Waals surface area (Å²) < 4.78 is 1.06. The fourth-order valence-corrected chi connectivity index (χ4v) is 4.01. The Morgan fingerprint density at radius 3 is 2.36 bits per heavy atom. The van der Waals surface area contributed by atoms with E-state index in [1.54, 1.807) is 43.3 Å². The van der Waals surface area contributed by atoms with Gasteiger partial charge in [0.25, 0.3) is 17.7 Å². The normalized spacial score (nSPS) is 13.5. The Balaban J connectivity index is 1.56. The Morgan fingerprint density at radius 2 is 1.64 bits per heavy atom. The Hall–Kier alpha value is -2.88. The minimum atomic E-state index is -0.651. The highest BCUT2D eigenvalue weighted by Crippen LogP contribution is 2.33. The van der Waals surface area contributed by atoms with Gasteiger partial charge in [0.15, 0.2) is 0 Å². The van der Waals surface area contributed by atoms with Crippen molar-refractivity contribution in [3.05, 3.63) is 97.2 Å². The molecule has 6 nitrogen and oxygen atoms in total. The summed E-state index contributed by atoms with van der Waals surface area (Å²) in [5.41, 5.74) is 2.45. The van der Waals surface area contributed by atoms with Gasteiger partial charge in [0, 0.05) is 25.5 Å². The first kappa shape index (κ1) is 23.3. The van der Waals surface area contributed by atoms with Crippen molar-refractivity contribution >= 4 is 80.6 Å². The SMILES string of the molecule is Cc1ccc(Cl)cc1N1C(=O)C(Cl)=C(Nc2cccc(C(=O)Nc3ccc(I)cc3)c2)C1=O. The summed E-state index contributed by atoms with van der Waals surface area (Å²) in [5.74, 6) is -1.57. The Morgan fingerprint density at radius 1 is 0.909 bits per heavy atom. The van der Waals surface area contributed by atoms with Gasteiger partial charge in [-0.3, -0.25) is 14.4 Å². The highest BCUT2D eigenvalue weighted by atomic mass is 127. The molecule has 0 atom stereocenters. The third kappa shape index (κ3) is 4.90. The second-order valence-corrected chi connectivity index (χ2v) is 9.29. The molecule has 0 aromatic heterocycles. The second-order valence-electron chi connectivity index (χ2n) is 7.23. The van der Waals surface area contributed by atoms with Gasteiger partial charge < -0.3 is 10.6 Å². The monoisotopic (exact) mass is 591 g/mol. The second kappa shape index (κ2) is 9.54. The van der Waals surface area contributed by atoms with E-state index < -0.39 is 11.8 Å². The van der Waals surface area contributed by atoms with Gasteiger partial charge in [-0.15, -0.1) is 0 Å². The quantitative estimate of drug-likeness (QED) is 0.284. The first-order valence-electron chi connectivity index (χ1n) is 9.73. The van der Waals surface area contributed by atoms with Crippen LogP contribution in [0.4, 0.5) is 17.1 Å². The van der Waals surface area contributed by atoms with E-state index in [1.807, 2.05) is 24.3 Å². The number of hydrogen-bond acceptors (Lipinski definition) is 4. The molecule has 0 fully saturated rings. The van der Waals surface area contributed by atoms with Gasteiger partial charge in [-0.05, 0) is 89.7 Å². The van der Waals surface area contributed by atoms with Crippen LogP contribution in [0.25, 0.3) is 0 Å². The van der Waals surface area contributed by atoms with E-state index in [0.29, 0.717) is 33.2 Å². The maximum atomic E-state index is 13.1. The highest BCUT2D eigenvalue weighted by molar-refractivity contribution is 14.1. The largest absolute Gasteiger partial charge is 0.350 e. The van der Waals surface area contributed by atoms with Gasteiger partial charge >= 0.3 is 0 Å². The zero-order chi connectivity index (χ0) is 23.7. The average Bonchev–Trinajstić information content (AvgIpc) is 3.00. The van der Waals surface area contributed by atoms with E-state index in [2.05, 4.69) is 33.2 Å². The molecule has 0 saturated carbocycles. The first-order chi connectivity index (χ1) is 15.7. The highest BCUT2D eigenvalue weighted by Gasteiger charge is 2.39. The third-order valence-corrected chi connectivity index (χ3v) is 6.24. The number of rotatable bonds is 5. The van der Waals surface area contributed by atoms with Gasteiger partial charge in [0.2, 0.25) is 0 Å². The number of aryl methyl sites for hydroxylation is 1. The van der Waals surface area contributed by atoms with Gasteiger partial charge in [-0.25, -0.2) is 4.90 Å². The minimum Gasteiger partial charge on any atom is -0.350 e. The third-order valence-electron chi connectivity index (χ3n) is 4.94. The molecule has 1 aliphatic heterocycles. The zero-order valence-electron chi connectivity index (χ0n) is 17.2. The molecule has 0 spiro atoms. The van der Waals surface area contributed by atoms with Crippen LogP contribution in [-0.2, 0) is 9.59 Å². The van der Waals surface area contributed by atoms with E-state index in [1.165, 1.54) is 6.07 Å². The molecule has 0 radical (unpaired) electrons. The van der Waals surface area contributed by atoms with Gasteiger partial charge in [0.1, 0.15) is 10.7 Å². The van der Waals surface area contributed by atoms with Crippen LogP contribution in [0.1, 0.15) is 15.9 Å². The van der Waals surface area contributed by atoms with Gasteiger partial charge in [-0.1, -0.05) is 35.3 Å². The molecule has 1 aliphatic rings. The lowest BCUT2D eigenvalue weighted by atomic mass is 10.1. The van der Waals surface area contributed by atoms with Crippen LogP contribution < -0.4 is 15.5 Å². The molecule has 4 rings (SSSR count). The number of anilines is 3. The number of benzene rings is 3. The molecular formula is C24H16Cl2IN3O3. The topological polar surface area (TPSA) is 78.5 Å². The van der Waals surface area contributed by atoms with Crippen LogP contribution in [0.3, 0.4) is 0 Å². The summed E-state index contributed by atoms with van der Waals surface area (Å²) in [5, 5.41) is 5.86. The number of amides is 3. The number of nitrogens with one attached hydrogen (secondary N) is 2. The van der Waals surface area contributed by atoms with E-state index in [0.717, 1.165) is 8.47 Å². The summed E-state index contributed by atoms with van der Waals surface area (Å²) >= 11 is 14.5. The van der Waals surface area contributed by atoms with E-state index in [4.69, 9.17) is 23.2 Å². The molecule has 0 saturated heterocycles. The summed E-state index contributed by atoms with van der Waals surface area (Å²) in [4.78, 5) is 39.4. The van der Waals surface area contributed by atoms with Crippen LogP contribution in [0, 0.1) is 10.5 Å². The fraction of sp³-hybridized carbons (Fsp3) is 0.0417. The van der Waals surface area contributed by atoms with Gasteiger partial charge in [-0.2, -0.15) is 0 Å². The number of halogens is 3. The number of carbonyl (C=O) groups excluding carboxylic acids is 3. The predicted octanol–water partition coefficient (Wildman–Crippen LogP) is 5.94. The molecule has 166 valence electrons. The molecular weight excluding hydrogens is 576 g/mol. The number of imide groups is 1. The maximum Gasteiger partial charge on any atom is 0.283 e. The molecule has 3 amide bonds. The molecule has 0 unspecified atom stereocenters. The van der Waals surface area contributed by atoms with E-state index >= 15 is 0 Å². The molecule has 0 bridgehead atoms. The molecule has 33 heavy (non-hydrogen) atoms. The lowest BCUT2D eigenvalue weighted by molar-refractivity contribution is -0.120. The maximum absolute atomic E-state index is 13.1. The lowest BCUT2D eigenvalue weighted by Gasteiger charge is -2.18. The van der Waals surface area contributed by atoms with Crippen LogP contribution >= 0.6 is 45.8 Å². The standard InChI is InChI=1S/C24H16Cl2IN3O3/c1-13-5-6-15(25)12-19(13)30-23(32)20(26)21(24(30)33)28-18-4-2-3-14(11-18)22(31)29-17-9-7-16(27)8-10-17/h2-12,28H,1H3,(H,29,31). The molecule has 2 N–H and O–H groups in total.